The number of benzene rings is 1. The zero-order valence-electron chi connectivity index (χ0n) is 10.4. The van der Waals surface area contributed by atoms with E-state index in [4.69, 9.17) is 18.0 Å². The molecule has 0 amide bonds. The average molecular weight is 257 g/mol. The van der Waals surface area contributed by atoms with Crippen LogP contribution in [0.25, 0.3) is 0 Å². The third-order valence-electron chi connectivity index (χ3n) is 2.68. The molecule has 0 fully saturated rings. The highest BCUT2D eigenvalue weighted by atomic mass is 32.1. The van der Waals surface area contributed by atoms with E-state index >= 15 is 0 Å². The van der Waals surface area contributed by atoms with Gasteiger partial charge in [0.15, 0.2) is 0 Å². The van der Waals surface area contributed by atoms with E-state index in [1.54, 1.807) is 6.20 Å². The summed E-state index contributed by atoms with van der Waals surface area (Å²) in [7, 11) is 0. The van der Waals surface area contributed by atoms with Crippen LogP contribution in [0, 0.1) is 13.8 Å². The largest absolute Gasteiger partial charge is 0.388 e. The Kier molecular flexibility index (Phi) is 3.58. The fraction of sp³-hybridized carbons (Fsp3) is 0.143. The Morgan fingerprint density at radius 2 is 2.00 bits per heavy atom. The molecule has 0 saturated carbocycles. The molecule has 1 heterocycles. The summed E-state index contributed by atoms with van der Waals surface area (Å²) < 4.78 is 0. The molecular weight excluding hydrogens is 242 g/mol. The Labute approximate surface area is 112 Å². The molecule has 1 aromatic carbocycles. The lowest BCUT2D eigenvalue weighted by molar-refractivity contribution is 1.28. The number of nitrogens with two attached hydrogens (primary N) is 1. The van der Waals surface area contributed by atoms with Crippen LogP contribution in [0.4, 0.5) is 11.4 Å². The second-order valence-corrected chi connectivity index (χ2v) is 4.68. The standard InChI is InChI=1S/C14H15N3S/c1-9-3-4-10(2)12(7-9)17-11-5-6-16-13(8-11)14(15)18/h3-8H,1-2H3,(H2,15,18)(H,16,17). The van der Waals surface area contributed by atoms with Gasteiger partial charge in [-0.25, -0.2) is 0 Å². The molecule has 4 heteroatoms. The van der Waals surface area contributed by atoms with Crippen molar-refractivity contribution in [2.45, 2.75) is 13.8 Å². The van der Waals surface area contributed by atoms with E-state index < -0.39 is 0 Å². The summed E-state index contributed by atoms with van der Waals surface area (Å²) in [5, 5.41) is 3.35. The van der Waals surface area contributed by atoms with E-state index in [1.807, 2.05) is 12.1 Å². The maximum absolute atomic E-state index is 5.57. The van der Waals surface area contributed by atoms with Gasteiger partial charge in [-0.2, -0.15) is 0 Å². The Balaban J connectivity index is 2.31. The Hall–Kier alpha value is -1.94. The van der Waals surface area contributed by atoms with Gasteiger partial charge in [-0.3, -0.25) is 4.98 Å². The van der Waals surface area contributed by atoms with Gasteiger partial charge in [0, 0.05) is 17.6 Å². The van der Waals surface area contributed by atoms with E-state index in [9.17, 15) is 0 Å². The van der Waals surface area contributed by atoms with Gasteiger partial charge in [-0.1, -0.05) is 24.4 Å². The van der Waals surface area contributed by atoms with Gasteiger partial charge in [0.05, 0.1) is 5.69 Å². The Morgan fingerprint density at radius 1 is 1.22 bits per heavy atom. The van der Waals surface area contributed by atoms with E-state index in [2.05, 4.69) is 42.3 Å². The summed E-state index contributed by atoms with van der Waals surface area (Å²) in [6.45, 7) is 4.13. The summed E-state index contributed by atoms with van der Waals surface area (Å²) in [4.78, 5) is 4.42. The molecule has 0 aliphatic rings. The van der Waals surface area contributed by atoms with Crippen molar-refractivity contribution in [2.75, 3.05) is 5.32 Å². The maximum Gasteiger partial charge on any atom is 0.122 e. The van der Waals surface area contributed by atoms with Gasteiger partial charge in [0.25, 0.3) is 0 Å². The molecule has 0 radical (unpaired) electrons. The molecule has 3 N–H and O–H groups in total. The smallest absolute Gasteiger partial charge is 0.122 e. The predicted octanol–water partition coefficient (Wildman–Crippen LogP) is 3.08. The normalized spacial score (nSPS) is 10.1. The van der Waals surface area contributed by atoms with Crippen molar-refractivity contribution in [3.63, 3.8) is 0 Å². The molecule has 0 aliphatic carbocycles. The number of anilines is 2. The SMILES string of the molecule is Cc1ccc(C)c(Nc2ccnc(C(N)=S)c2)c1. The number of hydrogen-bond donors (Lipinski definition) is 2. The third kappa shape index (κ3) is 2.84. The molecule has 1 aromatic heterocycles. The molecule has 3 nitrogen and oxygen atoms in total. The molecule has 92 valence electrons. The van der Waals surface area contributed by atoms with Crippen molar-refractivity contribution >= 4 is 28.6 Å². The number of aryl methyl sites for hydroxylation is 2. The zero-order valence-corrected chi connectivity index (χ0v) is 11.2. The van der Waals surface area contributed by atoms with Crippen molar-refractivity contribution in [1.82, 2.24) is 4.98 Å². The van der Waals surface area contributed by atoms with Gasteiger partial charge in [-0.05, 0) is 43.2 Å². The van der Waals surface area contributed by atoms with Crippen LogP contribution in [0.5, 0.6) is 0 Å². The van der Waals surface area contributed by atoms with E-state index in [-0.39, 0.29) is 0 Å². The van der Waals surface area contributed by atoms with Gasteiger partial charge in [0.2, 0.25) is 0 Å². The van der Waals surface area contributed by atoms with Gasteiger partial charge >= 0.3 is 0 Å². The highest BCUT2D eigenvalue weighted by Crippen LogP contribution is 2.21. The lowest BCUT2D eigenvalue weighted by Gasteiger charge is -2.11. The van der Waals surface area contributed by atoms with Crippen LogP contribution in [-0.4, -0.2) is 9.97 Å². The topological polar surface area (TPSA) is 50.9 Å². The number of rotatable bonds is 3. The lowest BCUT2D eigenvalue weighted by atomic mass is 10.1. The minimum absolute atomic E-state index is 0.305. The van der Waals surface area contributed by atoms with Crippen molar-refractivity contribution in [3.05, 3.63) is 53.3 Å². The predicted molar refractivity (Wildman–Crippen MR) is 79.3 cm³/mol. The maximum atomic E-state index is 5.57. The summed E-state index contributed by atoms with van der Waals surface area (Å²) >= 11 is 4.92. The number of aromatic nitrogens is 1. The molecular formula is C14H15N3S. The molecule has 2 rings (SSSR count). The second-order valence-electron chi connectivity index (χ2n) is 4.24. The number of hydrogen-bond acceptors (Lipinski definition) is 3. The molecule has 0 saturated heterocycles. The molecule has 0 spiro atoms. The van der Waals surface area contributed by atoms with Crippen molar-refractivity contribution < 1.29 is 0 Å². The first-order valence-corrected chi connectivity index (χ1v) is 6.07. The molecule has 0 unspecified atom stereocenters. The minimum atomic E-state index is 0.305. The van der Waals surface area contributed by atoms with Gasteiger partial charge in [-0.15, -0.1) is 0 Å². The highest BCUT2D eigenvalue weighted by molar-refractivity contribution is 7.80. The number of thiocarbonyl (C=S) groups is 1. The number of nitrogens with one attached hydrogen (secondary N) is 1. The first kappa shape index (κ1) is 12.5. The van der Waals surface area contributed by atoms with Crippen molar-refractivity contribution in [2.24, 2.45) is 5.73 Å². The van der Waals surface area contributed by atoms with Crippen LogP contribution in [0.2, 0.25) is 0 Å². The molecule has 0 atom stereocenters. The van der Waals surface area contributed by atoms with E-state index in [0.717, 1.165) is 11.4 Å². The minimum Gasteiger partial charge on any atom is -0.388 e. The monoisotopic (exact) mass is 257 g/mol. The number of nitrogens with zero attached hydrogens (tertiary/aromatic N) is 1. The van der Waals surface area contributed by atoms with Gasteiger partial charge in [0.1, 0.15) is 4.99 Å². The first-order chi connectivity index (χ1) is 8.56. The third-order valence-corrected chi connectivity index (χ3v) is 2.89. The van der Waals surface area contributed by atoms with Crippen molar-refractivity contribution in [1.29, 1.82) is 0 Å². The molecule has 0 bridgehead atoms. The Bertz CT molecular complexity index is 593. The molecule has 2 aromatic rings. The van der Waals surface area contributed by atoms with Crippen LogP contribution in [0.3, 0.4) is 0 Å². The second kappa shape index (κ2) is 5.14. The average Bonchev–Trinajstić information content (AvgIpc) is 2.34. The zero-order chi connectivity index (χ0) is 13.1. The summed E-state index contributed by atoms with van der Waals surface area (Å²) in [5.74, 6) is 0. The fourth-order valence-electron chi connectivity index (χ4n) is 1.67. The van der Waals surface area contributed by atoms with Gasteiger partial charge < -0.3 is 11.1 Å². The number of pyridine rings is 1. The van der Waals surface area contributed by atoms with Crippen LogP contribution in [-0.2, 0) is 0 Å². The summed E-state index contributed by atoms with van der Waals surface area (Å²) in [6, 6.07) is 10.0. The molecule has 18 heavy (non-hydrogen) atoms. The van der Waals surface area contributed by atoms with Crippen molar-refractivity contribution in [3.8, 4) is 0 Å². The summed E-state index contributed by atoms with van der Waals surface area (Å²) in [6.07, 6.45) is 1.70. The lowest BCUT2D eigenvalue weighted by Crippen LogP contribution is -2.11. The van der Waals surface area contributed by atoms with Crippen LogP contribution < -0.4 is 11.1 Å². The van der Waals surface area contributed by atoms with Crippen LogP contribution >= 0.6 is 12.2 Å². The van der Waals surface area contributed by atoms with E-state index in [0.29, 0.717) is 10.7 Å². The van der Waals surface area contributed by atoms with E-state index in [1.165, 1.54) is 11.1 Å². The highest BCUT2D eigenvalue weighted by Gasteiger charge is 2.02. The van der Waals surface area contributed by atoms with Crippen LogP contribution in [0.15, 0.2) is 36.5 Å². The Morgan fingerprint density at radius 3 is 2.72 bits per heavy atom. The fourth-order valence-corrected chi connectivity index (χ4v) is 1.78. The van der Waals surface area contributed by atoms with Crippen LogP contribution in [0.1, 0.15) is 16.8 Å². The molecule has 0 aliphatic heterocycles. The first-order valence-electron chi connectivity index (χ1n) is 5.66. The summed E-state index contributed by atoms with van der Waals surface area (Å²) in [5.41, 5.74) is 10.6. The quantitative estimate of drug-likeness (QED) is 0.830.